The third kappa shape index (κ3) is 2.98. The Balaban J connectivity index is 1.99. The van der Waals surface area contributed by atoms with Crippen LogP contribution in [0.2, 0.25) is 0 Å². The van der Waals surface area contributed by atoms with Crippen molar-refractivity contribution in [3.63, 3.8) is 0 Å². The van der Waals surface area contributed by atoms with E-state index in [1.54, 1.807) is 18.3 Å². The molecule has 2 rings (SSSR count). The molecule has 0 radical (unpaired) electrons. The lowest BCUT2D eigenvalue weighted by molar-refractivity contribution is 0.0858. The summed E-state index contributed by atoms with van der Waals surface area (Å²) in [6.45, 7) is 1.37. The summed E-state index contributed by atoms with van der Waals surface area (Å²) in [5.41, 5.74) is 0.598. The lowest BCUT2D eigenvalue weighted by Crippen LogP contribution is -2.32. The van der Waals surface area contributed by atoms with Crippen LogP contribution in [0.4, 0.5) is 5.82 Å². The van der Waals surface area contributed by atoms with Crippen LogP contribution in [0.3, 0.4) is 0 Å². The van der Waals surface area contributed by atoms with Crippen molar-refractivity contribution in [2.45, 2.75) is 18.9 Å². The first-order valence-electron chi connectivity index (χ1n) is 6.20. The van der Waals surface area contributed by atoms with Crippen molar-refractivity contribution >= 4 is 11.7 Å². The third-order valence-electron chi connectivity index (χ3n) is 2.97. The molecule has 1 N–H and O–H groups in total. The van der Waals surface area contributed by atoms with Gasteiger partial charge in [-0.3, -0.25) is 4.79 Å². The minimum absolute atomic E-state index is 0.0951. The molecule has 5 nitrogen and oxygen atoms in total. The van der Waals surface area contributed by atoms with E-state index < -0.39 is 0 Å². The van der Waals surface area contributed by atoms with Crippen LogP contribution in [-0.4, -0.2) is 44.2 Å². The Kier molecular flexibility index (Phi) is 4.15. The summed E-state index contributed by atoms with van der Waals surface area (Å²) in [4.78, 5) is 18.1. The van der Waals surface area contributed by atoms with E-state index in [1.807, 2.05) is 19.0 Å². The van der Waals surface area contributed by atoms with Crippen molar-refractivity contribution in [3.8, 4) is 0 Å². The molecule has 5 heteroatoms. The zero-order chi connectivity index (χ0) is 13.0. The molecule has 98 valence electrons. The number of aromatic nitrogens is 1. The molecule has 0 aliphatic carbocycles. The number of hydrogen-bond donors (Lipinski definition) is 1. The van der Waals surface area contributed by atoms with Crippen LogP contribution in [0, 0.1) is 0 Å². The zero-order valence-electron chi connectivity index (χ0n) is 10.8. The van der Waals surface area contributed by atoms with E-state index in [2.05, 4.69) is 10.3 Å². The predicted molar refractivity (Wildman–Crippen MR) is 69.9 cm³/mol. The van der Waals surface area contributed by atoms with Crippen LogP contribution in [0.25, 0.3) is 0 Å². The fraction of sp³-hybridized carbons (Fsp3) is 0.538. The second kappa shape index (κ2) is 5.82. The lowest BCUT2D eigenvalue weighted by Gasteiger charge is -2.16. The molecule has 0 spiro atoms. The molecule has 0 aromatic carbocycles. The van der Waals surface area contributed by atoms with Crippen molar-refractivity contribution in [2.75, 3.05) is 32.1 Å². The molecule has 1 unspecified atom stereocenters. The van der Waals surface area contributed by atoms with Gasteiger partial charge in [-0.15, -0.1) is 0 Å². The molecule has 0 saturated carbocycles. The topological polar surface area (TPSA) is 54.5 Å². The minimum atomic E-state index is -0.0951. The molecule has 0 bridgehead atoms. The monoisotopic (exact) mass is 249 g/mol. The van der Waals surface area contributed by atoms with Gasteiger partial charge in [0.05, 0.1) is 11.7 Å². The van der Waals surface area contributed by atoms with Crippen LogP contribution >= 0.6 is 0 Å². The fourth-order valence-corrected chi connectivity index (χ4v) is 2.04. The first kappa shape index (κ1) is 12.8. The smallest absolute Gasteiger partial charge is 0.255 e. The highest BCUT2D eigenvalue weighted by molar-refractivity contribution is 5.98. The number of nitrogens with zero attached hydrogens (tertiary/aromatic N) is 2. The second-order valence-corrected chi connectivity index (χ2v) is 4.61. The predicted octanol–water partition coefficient (Wildman–Crippen LogP) is 1.06. The number of carbonyl (C=O) groups is 1. The number of rotatable bonds is 4. The molecule has 1 saturated heterocycles. The summed E-state index contributed by atoms with van der Waals surface area (Å²) in [5.74, 6) is 0.588. The maximum absolute atomic E-state index is 12.1. The number of amides is 1. The number of hydrogen-bond acceptors (Lipinski definition) is 4. The molecular formula is C13H19N3O2. The third-order valence-corrected chi connectivity index (χ3v) is 2.97. The maximum Gasteiger partial charge on any atom is 0.255 e. The van der Waals surface area contributed by atoms with Crippen LogP contribution < -0.4 is 10.2 Å². The summed E-state index contributed by atoms with van der Waals surface area (Å²) < 4.78 is 5.48. The first-order chi connectivity index (χ1) is 8.68. The molecule has 2 heterocycles. The summed E-state index contributed by atoms with van der Waals surface area (Å²) >= 11 is 0. The van der Waals surface area contributed by atoms with E-state index >= 15 is 0 Å². The first-order valence-corrected chi connectivity index (χ1v) is 6.20. The number of pyridine rings is 1. The number of carbonyl (C=O) groups excluding carboxylic acids is 1. The van der Waals surface area contributed by atoms with Crippen LogP contribution in [0.1, 0.15) is 23.2 Å². The summed E-state index contributed by atoms with van der Waals surface area (Å²) in [5, 5.41) is 2.91. The SMILES string of the molecule is CN(C)c1ncccc1C(=O)NCC1CCCO1. The van der Waals surface area contributed by atoms with Crippen molar-refractivity contribution in [1.82, 2.24) is 10.3 Å². The molecular weight excluding hydrogens is 230 g/mol. The number of anilines is 1. The standard InChI is InChI=1S/C13H19N3O2/c1-16(2)12-11(6-3-7-14-12)13(17)15-9-10-5-4-8-18-10/h3,6-7,10H,4-5,8-9H2,1-2H3,(H,15,17). The molecule has 1 aliphatic heterocycles. The minimum Gasteiger partial charge on any atom is -0.376 e. The van der Waals surface area contributed by atoms with Gasteiger partial charge in [-0.2, -0.15) is 0 Å². The number of ether oxygens (including phenoxy) is 1. The van der Waals surface area contributed by atoms with Crippen LogP contribution in [0.15, 0.2) is 18.3 Å². The van der Waals surface area contributed by atoms with Crippen LogP contribution in [0.5, 0.6) is 0 Å². The van der Waals surface area contributed by atoms with Crippen molar-refractivity contribution in [3.05, 3.63) is 23.9 Å². The van der Waals surface area contributed by atoms with Gasteiger partial charge in [0.1, 0.15) is 5.82 Å². The van der Waals surface area contributed by atoms with Crippen molar-refractivity contribution in [1.29, 1.82) is 0 Å². The Labute approximate surface area is 107 Å². The molecule has 1 aromatic rings. The molecule has 1 aromatic heterocycles. The van der Waals surface area contributed by atoms with Gasteiger partial charge in [-0.05, 0) is 25.0 Å². The Hall–Kier alpha value is -1.62. The van der Waals surface area contributed by atoms with E-state index in [-0.39, 0.29) is 12.0 Å². The Bertz CT molecular complexity index is 414. The van der Waals surface area contributed by atoms with Gasteiger partial charge >= 0.3 is 0 Å². The normalized spacial score (nSPS) is 18.7. The molecule has 1 aliphatic rings. The van der Waals surface area contributed by atoms with Gasteiger partial charge in [0, 0.05) is 33.4 Å². The average molecular weight is 249 g/mol. The van der Waals surface area contributed by atoms with Gasteiger partial charge in [0.2, 0.25) is 0 Å². The van der Waals surface area contributed by atoms with E-state index in [9.17, 15) is 4.79 Å². The highest BCUT2D eigenvalue weighted by Crippen LogP contribution is 2.15. The van der Waals surface area contributed by atoms with Gasteiger partial charge in [0.15, 0.2) is 0 Å². The van der Waals surface area contributed by atoms with Gasteiger partial charge in [0.25, 0.3) is 5.91 Å². The molecule has 1 amide bonds. The van der Waals surface area contributed by atoms with Gasteiger partial charge in [-0.25, -0.2) is 4.98 Å². The van der Waals surface area contributed by atoms with Crippen molar-refractivity contribution < 1.29 is 9.53 Å². The highest BCUT2D eigenvalue weighted by Gasteiger charge is 2.18. The Morgan fingerprint density at radius 3 is 3.11 bits per heavy atom. The summed E-state index contributed by atoms with van der Waals surface area (Å²) in [6.07, 6.45) is 3.95. The van der Waals surface area contributed by atoms with Crippen molar-refractivity contribution in [2.24, 2.45) is 0 Å². The molecule has 18 heavy (non-hydrogen) atoms. The zero-order valence-corrected chi connectivity index (χ0v) is 10.8. The molecule has 1 fully saturated rings. The quantitative estimate of drug-likeness (QED) is 0.867. The highest BCUT2D eigenvalue weighted by atomic mass is 16.5. The average Bonchev–Trinajstić information content (AvgIpc) is 2.89. The fourth-order valence-electron chi connectivity index (χ4n) is 2.04. The Morgan fingerprint density at radius 1 is 1.61 bits per heavy atom. The summed E-state index contributed by atoms with van der Waals surface area (Å²) in [6, 6.07) is 3.56. The largest absolute Gasteiger partial charge is 0.376 e. The molecule has 1 atom stereocenters. The number of nitrogens with one attached hydrogen (secondary N) is 1. The van der Waals surface area contributed by atoms with Crippen LogP contribution in [-0.2, 0) is 4.74 Å². The summed E-state index contributed by atoms with van der Waals surface area (Å²) in [7, 11) is 3.75. The van der Waals surface area contributed by atoms with E-state index in [1.165, 1.54) is 0 Å². The van der Waals surface area contributed by atoms with E-state index in [4.69, 9.17) is 4.74 Å². The second-order valence-electron chi connectivity index (χ2n) is 4.61. The lowest BCUT2D eigenvalue weighted by atomic mass is 10.2. The van der Waals surface area contributed by atoms with E-state index in [0.29, 0.717) is 17.9 Å². The van der Waals surface area contributed by atoms with E-state index in [0.717, 1.165) is 19.4 Å². The van der Waals surface area contributed by atoms with Gasteiger partial charge in [-0.1, -0.05) is 0 Å². The maximum atomic E-state index is 12.1. The Morgan fingerprint density at radius 2 is 2.44 bits per heavy atom. The van der Waals surface area contributed by atoms with Gasteiger partial charge < -0.3 is 15.0 Å².